The number of amides is 1. The lowest BCUT2D eigenvalue weighted by molar-refractivity contribution is -0.150. The van der Waals surface area contributed by atoms with Gasteiger partial charge in [0, 0.05) is 32.2 Å². The molecule has 1 saturated heterocycles. The third-order valence-electron chi connectivity index (χ3n) is 3.49. The monoisotopic (exact) mass is 271 g/mol. The van der Waals surface area contributed by atoms with Gasteiger partial charge in [0.15, 0.2) is 0 Å². The van der Waals surface area contributed by atoms with Crippen molar-refractivity contribution in [1.29, 1.82) is 0 Å². The third-order valence-corrected chi connectivity index (χ3v) is 3.49. The van der Waals surface area contributed by atoms with Crippen molar-refractivity contribution < 1.29 is 14.3 Å². The fraction of sp³-hybridized carbons (Fsp3) is 0.846. The van der Waals surface area contributed by atoms with E-state index in [0.29, 0.717) is 0 Å². The first-order chi connectivity index (χ1) is 8.97. The molecule has 1 unspecified atom stereocenters. The molecule has 1 rings (SSSR count). The van der Waals surface area contributed by atoms with Gasteiger partial charge in [0.05, 0.1) is 13.2 Å². The minimum atomic E-state index is -0.380. The molecule has 0 saturated carbocycles. The number of carbonyl (C=O) groups excluding carboxylic acids is 2. The minimum absolute atomic E-state index is 0.0118. The summed E-state index contributed by atoms with van der Waals surface area (Å²) in [6, 6.07) is -0.217. The Morgan fingerprint density at radius 1 is 1.26 bits per heavy atom. The molecule has 0 bridgehead atoms. The van der Waals surface area contributed by atoms with E-state index in [9.17, 15) is 9.59 Å². The van der Waals surface area contributed by atoms with Crippen LogP contribution in [0.1, 0.15) is 20.8 Å². The number of hydrogen-bond acceptors (Lipinski definition) is 5. The van der Waals surface area contributed by atoms with Gasteiger partial charge in [-0.1, -0.05) is 0 Å². The maximum absolute atomic E-state index is 12.5. The lowest BCUT2D eigenvalue weighted by Crippen LogP contribution is -2.55. The van der Waals surface area contributed by atoms with Gasteiger partial charge >= 0.3 is 5.97 Å². The van der Waals surface area contributed by atoms with E-state index in [1.54, 1.807) is 4.90 Å². The van der Waals surface area contributed by atoms with Crippen molar-refractivity contribution >= 4 is 11.9 Å². The van der Waals surface area contributed by atoms with Gasteiger partial charge in [-0.2, -0.15) is 0 Å². The molecule has 110 valence electrons. The van der Waals surface area contributed by atoms with E-state index >= 15 is 0 Å². The minimum Gasteiger partial charge on any atom is -0.468 e. The molecule has 6 heteroatoms. The normalized spacial score (nSPS) is 18.2. The molecule has 0 spiro atoms. The Bertz CT molecular complexity index is 314. The molecule has 0 radical (unpaired) electrons. The Hall–Kier alpha value is -1.14. The average Bonchev–Trinajstić information content (AvgIpc) is 2.43. The second-order valence-corrected chi connectivity index (χ2v) is 5.10. The zero-order valence-electron chi connectivity index (χ0n) is 12.3. The number of nitrogens with one attached hydrogen (secondary N) is 1. The van der Waals surface area contributed by atoms with Crippen molar-refractivity contribution in [1.82, 2.24) is 15.1 Å². The first-order valence-corrected chi connectivity index (χ1v) is 6.79. The fourth-order valence-corrected chi connectivity index (χ4v) is 2.18. The second-order valence-electron chi connectivity index (χ2n) is 5.10. The largest absolute Gasteiger partial charge is 0.468 e. The van der Waals surface area contributed by atoms with Crippen LogP contribution in [0.15, 0.2) is 0 Å². The highest BCUT2D eigenvalue weighted by Crippen LogP contribution is 2.09. The molecule has 0 aromatic carbocycles. The maximum atomic E-state index is 12.5. The third kappa shape index (κ3) is 4.47. The number of rotatable bonds is 5. The topological polar surface area (TPSA) is 61.9 Å². The molecule has 0 aliphatic carbocycles. The van der Waals surface area contributed by atoms with Crippen LogP contribution in [0.25, 0.3) is 0 Å². The van der Waals surface area contributed by atoms with Crippen LogP contribution in [0.2, 0.25) is 0 Å². The number of methoxy groups -OCH3 is 1. The van der Waals surface area contributed by atoms with E-state index < -0.39 is 0 Å². The van der Waals surface area contributed by atoms with E-state index in [4.69, 9.17) is 0 Å². The van der Waals surface area contributed by atoms with Crippen LogP contribution in [0, 0.1) is 0 Å². The Morgan fingerprint density at radius 3 is 2.32 bits per heavy atom. The summed E-state index contributed by atoms with van der Waals surface area (Å²) in [6.45, 7) is 9.25. The van der Waals surface area contributed by atoms with Gasteiger partial charge in [0.25, 0.3) is 0 Å². The predicted octanol–water partition coefficient (Wildman–Crippen LogP) is -0.310. The molecule has 1 aliphatic heterocycles. The van der Waals surface area contributed by atoms with Gasteiger partial charge in [-0.05, 0) is 20.8 Å². The Balaban J connectivity index is 2.66. The van der Waals surface area contributed by atoms with Gasteiger partial charge in [0.1, 0.15) is 6.54 Å². The van der Waals surface area contributed by atoms with Crippen molar-refractivity contribution in [3.8, 4) is 0 Å². The molecular formula is C13H25N3O3. The molecule has 6 nitrogen and oxygen atoms in total. The van der Waals surface area contributed by atoms with E-state index in [1.165, 1.54) is 7.11 Å². The van der Waals surface area contributed by atoms with Crippen LogP contribution in [0.4, 0.5) is 0 Å². The SMILES string of the molecule is COC(=O)CN(C(=O)C(C)N1CCNCC1)C(C)C. The van der Waals surface area contributed by atoms with E-state index in [0.717, 1.165) is 26.2 Å². The standard InChI is InChI=1S/C13H25N3O3/c1-10(2)16(9-12(17)19-4)13(18)11(3)15-7-5-14-6-8-15/h10-11,14H,5-9H2,1-4H3. The molecule has 1 heterocycles. The lowest BCUT2D eigenvalue weighted by Gasteiger charge is -2.36. The van der Waals surface area contributed by atoms with Crippen molar-refractivity contribution in [2.24, 2.45) is 0 Å². The number of esters is 1. The fourth-order valence-electron chi connectivity index (χ4n) is 2.18. The van der Waals surface area contributed by atoms with Crippen LogP contribution >= 0.6 is 0 Å². The van der Waals surface area contributed by atoms with E-state index in [-0.39, 0.29) is 30.5 Å². The molecule has 0 aromatic heterocycles. The Kier molecular flexibility index (Phi) is 6.24. The quantitative estimate of drug-likeness (QED) is 0.695. The van der Waals surface area contributed by atoms with Crippen LogP contribution < -0.4 is 5.32 Å². The molecule has 1 aliphatic rings. The smallest absolute Gasteiger partial charge is 0.325 e. The highest BCUT2D eigenvalue weighted by atomic mass is 16.5. The number of ether oxygens (including phenoxy) is 1. The summed E-state index contributed by atoms with van der Waals surface area (Å²) >= 11 is 0. The summed E-state index contributed by atoms with van der Waals surface area (Å²) in [6.07, 6.45) is 0. The first-order valence-electron chi connectivity index (χ1n) is 6.79. The zero-order valence-corrected chi connectivity index (χ0v) is 12.3. The van der Waals surface area contributed by atoms with Gasteiger partial charge < -0.3 is 15.0 Å². The van der Waals surface area contributed by atoms with Crippen LogP contribution in [0.5, 0.6) is 0 Å². The summed E-state index contributed by atoms with van der Waals surface area (Å²) in [7, 11) is 1.34. The second kappa shape index (κ2) is 7.45. The average molecular weight is 271 g/mol. The summed E-state index contributed by atoms with van der Waals surface area (Å²) in [5, 5.41) is 3.26. The number of hydrogen-bond donors (Lipinski definition) is 1. The molecule has 1 N–H and O–H groups in total. The van der Waals surface area contributed by atoms with Gasteiger partial charge in [-0.3, -0.25) is 14.5 Å². The highest BCUT2D eigenvalue weighted by Gasteiger charge is 2.29. The Labute approximate surface area is 115 Å². The predicted molar refractivity (Wildman–Crippen MR) is 72.8 cm³/mol. The molecule has 1 fully saturated rings. The molecule has 1 amide bonds. The highest BCUT2D eigenvalue weighted by molar-refractivity contribution is 5.85. The van der Waals surface area contributed by atoms with Crippen molar-refractivity contribution in [2.75, 3.05) is 39.8 Å². The summed E-state index contributed by atoms with van der Waals surface area (Å²) < 4.78 is 4.65. The van der Waals surface area contributed by atoms with E-state index in [1.807, 2.05) is 20.8 Å². The van der Waals surface area contributed by atoms with Crippen molar-refractivity contribution in [3.05, 3.63) is 0 Å². The summed E-state index contributed by atoms with van der Waals surface area (Å²) in [4.78, 5) is 27.6. The molecule has 0 aromatic rings. The van der Waals surface area contributed by atoms with E-state index in [2.05, 4.69) is 15.0 Å². The van der Waals surface area contributed by atoms with Gasteiger partial charge in [-0.25, -0.2) is 0 Å². The summed E-state index contributed by atoms with van der Waals surface area (Å²) in [5.74, 6) is -0.392. The molecule has 1 atom stereocenters. The number of piperazine rings is 1. The zero-order chi connectivity index (χ0) is 14.4. The van der Waals surface area contributed by atoms with Gasteiger partial charge in [-0.15, -0.1) is 0 Å². The number of carbonyl (C=O) groups is 2. The molecular weight excluding hydrogens is 246 g/mol. The lowest BCUT2D eigenvalue weighted by atomic mass is 10.2. The maximum Gasteiger partial charge on any atom is 0.325 e. The first kappa shape index (κ1) is 15.9. The summed E-state index contributed by atoms with van der Waals surface area (Å²) in [5.41, 5.74) is 0. The van der Waals surface area contributed by atoms with Gasteiger partial charge in [0.2, 0.25) is 5.91 Å². The van der Waals surface area contributed by atoms with Crippen LogP contribution in [0.3, 0.4) is 0 Å². The number of nitrogens with zero attached hydrogens (tertiary/aromatic N) is 2. The van der Waals surface area contributed by atoms with Crippen molar-refractivity contribution in [2.45, 2.75) is 32.9 Å². The van der Waals surface area contributed by atoms with Crippen LogP contribution in [-0.4, -0.2) is 73.6 Å². The van der Waals surface area contributed by atoms with Crippen molar-refractivity contribution in [3.63, 3.8) is 0 Å². The molecule has 19 heavy (non-hydrogen) atoms. The van der Waals surface area contributed by atoms with Crippen LogP contribution in [-0.2, 0) is 14.3 Å². The Morgan fingerprint density at radius 2 is 1.84 bits per heavy atom.